The third kappa shape index (κ3) is 4.64. The maximum Gasteiger partial charge on any atom is 0.234 e. The molecule has 0 saturated carbocycles. The molecule has 0 aliphatic rings. The average molecular weight is 367 g/mol. The highest BCUT2D eigenvalue weighted by atomic mass is 32.2. The Balaban J connectivity index is 1.57. The van der Waals surface area contributed by atoms with Gasteiger partial charge in [0.05, 0.1) is 5.75 Å². The first-order valence-corrected chi connectivity index (χ1v) is 9.39. The highest BCUT2D eigenvalue weighted by Crippen LogP contribution is 2.17. The van der Waals surface area contributed by atoms with Gasteiger partial charge in [0.15, 0.2) is 5.82 Å². The quantitative estimate of drug-likeness (QED) is 0.495. The van der Waals surface area contributed by atoms with Gasteiger partial charge < -0.3 is 11.2 Å². The Morgan fingerprint density at radius 1 is 1.12 bits per heavy atom. The van der Waals surface area contributed by atoms with Crippen LogP contribution < -0.4 is 11.2 Å². The fourth-order valence-electron chi connectivity index (χ4n) is 2.50. The first-order chi connectivity index (χ1) is 12.7. The molecule has 0 bridgehead atoms. The van der Waals surface area contributed by atoms with E-state index in [4.69, 9.17) is 5.84 Å². The molecule has 0 aliphatic heterocycles. The smallest absolute Gasteiger partial charge is 0.234 e. The summed E-state index contributed by atoms with van der Waals surface area (Å²) >= 11 is 1.27. The molecule has 1 heterocycles. The van der Waals surface area contributed by atoms with Gasteiger partial charge in [0.1, 0.15) is 0 Å². The second-order valence-electron chi connectivity index (χ2n) is 5.82. The van der Waals surface area contributed by atoms with Crippen molar-refractivity contribution < 1.29 is 4.79 Å². The summed E-state index contributed by atoms with van der Waals surface area (Å²) in [5.74, 6) is 6.85. The zero-order valence-electron chi connectivity index (χ0n) is 14.6. The number of carbonyl (C=O) groups is 1. The van der Waals surface area contributed by atoms with Crippen LogP contribution in [0.2, 0.25) is 0 Å². The molecule has 7 heteroatoms. The minimum Gasteiger partial charge on any atom is -0.336 e. The number of aryl methyl sites for hydroxylation is 1. The molecular weight excluding hydrogens is 346 g/mol. The molecule has 3 aromatic rings. The van der Waals surface area contributed by atoms with E-state index in [0.29, 0.717) is 17.4 Å². The average Bonchev–Trinajstić information content (AvgIpc) is 3.01. The lowest BCUT2D eigenvalue weighted by Crippen LogP contribution is -2.17. The van der Waals surface area contributed by atoms with Crippen molar-refractivity contribution in [1.82, 2.24) is 14.9 Å². The minimum atomic E-state index is -0.101. The van der Waals surface area contributed by atoms with Crippen LogP contribution in [0.5, 0.6) is 0 Å². The van der Waals surface area contributed by atoms with Gasteiger partial charge in [-0.3, -0.25) is 4.79 Å². The molecule has 1 amide bonds. The molecule has 134 valence electrons. The van der Waals surface area contributed by atoms with Crippen LogP contribution in [-0.2, 0) is 17.6 Å². The summed E-state index contributed by atoms with van der Waals surface area (Å²) in [7, 11) is 0. The SMILES string of the molecule is CCc1cccc(NC(=O)CSc2nnc(Cc3ccccc3)n2N)c1. The fourth-order valence-corrected chi connectivity index (χ4v) is 3.18. The van der Waals surface area contributed by atoms with Gasteiger partial charge in [-0.15, -0.1) is 10.2 Å². The number of nitrogens with zero attached hydrogens (tertiary/aromatic N) is 3. The van der Waals surface area contributed by atoms with Crippen molar-refractivity contribution in [1.29, 1.82) is 0 Å². The number of anilines is 1. The third-order valence-corrected chi connectivity index (χ3v) is 4.83. The summed E-state index contributed by atoms with van der Waals surface area (Å²) in [5.41, 5.74) is 3.09. The summed E-state index contributed by atoms with van der Waals surface area (Å²) in [4.78, 5) is 12.2. The first kappa shape index (κ1) is 18.0. The second-order valence-corrected chi connectivity index (χ2v) is 6.76. The summed E-state index contributed by atoms with van der Waals surface area (Å²) in [6.45, 7) is 2.08. The van der Waals surface area contributed by atoms with E-state index in [1.54, 1.807) is 0 Å². The van der Waals surface area contributed by atoms with Crippen LogP contribution >= 0.6 is 11.8 Å². The van der Waals surface area contributed by atoms with Gasteiger partial charge in [0.2, 0.25) is 11.1 Å². The maximum absolute atomic E-state index is 12.2. The highest BCUT2D eigenvalue weighted by molar-refractivity contribution is 7.99. The number of rotatable bonds is 7. The van der Waals surface area contributed by atoms with Crippen molar-refractivity contribution in [2.24, 2.45) is 0 Å². The summed E-state index contributed by atoms with van der Waals surface area (Å²) in [6.07, 6.45) is 1.53. The first-order valence-electron chi connectivity index (χ1n) is 8.40. The van der Waals surface area contributed by atoms with E-state index in [2.05, 4.69) is 22.4 Å². The Kier molecular flexibility index (Phi) is 5.91. The van der Waals surface area contributed by atoms with E-state index in [9.17, 15) is 4.79 Å². The Morgan fingerprint density at radius 3 is 2.65 bits per heavy atom. The van der Waals surface area contributed by atoms with Crippen molar-refractivity contribution in [3.63, 3.8) is 0 Å². The van der Waals surface area contributed by atoms with Crippen LogP contribution in [0, 0.1) is 0 Å². The number of hydrogen-bond donors (Lipinski definition) is 2. The van der Waals surface area contributed by atoms with Gasteiger partial charge in [-0.1, -0.05) is 61.2 Å². The van der Waals surface area contributed by atoms with Crippen LogP contribution in [-0.4, -0.2) is 26.5 Å². The fraction of sp³-hybridized carbons (Fsp3) is 0.211. The molecule has 0 unspecified atom stereocenters. The zero-order valence-corrected chi connectivity index (χ0v) is 15.4. The minimum absolute atomic E-state index is 0.101. The highest BCUT2D eigenvalue weighted by Gasteiger charge is 2.13. The molecule has 6 nitrogen and oxygen atoms in total. The topological polar surface area (TPSA) is 85.8 Å². The maximum atomic E-state index is 12.2. The molecule has 3 rings (SSSR count). The van der Waals surface area contributed by atoms with Gasteiger partial charge in [-0.05, 0) is 29.7 Å². The van der Waals surface area contributed by atoms with Crippen molar-refractivity contribution in [2.45, 2.75) is 24.9 Å². The number of nitrogens with one attached hydrogen (secondary N) is 1. The number of thioether (sulfide) groups is 1. The van der Waals surface area contributed by atoms with Crippen LogP contribution in [0.15, 0.2) is 59.8 Å². The zero-order chi connectivity index (χ0) is 18.4. The largest absolute Gasteiger partial charge is 0.336 e. The lowest BCUT2D eigenvalue weighted by Gasteiger charge is -2.07. The molecule has 26 heavy (non-hydrogen) atoms. The summed E-state index contributed by atoms with van der Waals surface area (Å²) in [5, 5.41) is 11.6. The normalized spacial score (nSPS) is 10.7. The van der Waals surface area contributed by atoms with E-state index in [1.807, 2.05) is 54.6 Å². The van der Waals surface area contributed by atoms with Crippen molar-refractivity contribution >= 4 is 23.4 Å². The van der Waals surface area contributed by atoms with Crippen LogP contribution in [0.25, 0.3) is 0 Å². The van der Waals surface area contributed by atoms with Gasteiger partial charge in [0, 0.05) is 12.1 Å². The molecule has 0 saturated heterocycles. The Labute approximate surface area is 156 Å². The van der Waals surface area contributed by atoms with Crippen molar-refractivity contribution in [3.8, 4) is 0 Å². The molecule has 0 atom stereocenters. The van der Waals surface area contributed by atoms with Gasteiger partial charge in [-0.2, -0.15) is 0 Å². The van der Waals surface area contributed by atoms with E-state index < -0.39 is 0 Å². The molecule has 0 spiro atoms. The Bertz CT molecular complexity index is 879. The lowest BCUT2D eigenvalue weighted by molar-refractivity contribution is -0.113. The second kappa shape index (κ2) is 8.53. The van der Waals surface area contributed by atoms with E-state index in [-0.39, 0.29) is 11.7 Å². The predicted molar refractivity (Wildman–Crippen MR) is 105 cm³/mol. The predicted octanol–water partition coefficient (Wildman–Crippen LogP) is 2.88. The van der Waals surface area contributed by atoms with Crippen LogP contribution in [0.4, 0.5) is 5.69 Å². The number of nitrogen functional groups attached to an aromatic ring is 1. The number of hydrogen-bond acceptors (Lipinski definition) is 5. The number of carbonyl (C=O) groups excluding carboxylic acids is 1. The molecule has 0 fully saturated rings. The monoisotopic (exact) mass is 367 g/mol. The van der Waals surface area contributed by atoms with E-state index in [1.165, 1.54) is 22.0 Å². The van der Waals surface area contributed by atoms with Crippen LogP contribution in [0.1, 0.15) is 23.9 Å². The van der Waals surface area contributed by atoms with Gasteiger partial charge in [0.25, 0.3) is 0 Å². The Morgan fingerprint density at radius 2 is 1.88 bits per heavy atom. The number of amides is 1. The number of benzene rings is 2. The van der Waals surface area contributed by atoms with Gasteiger partial charge in [-0.25, -0.2) is 4.68 Å². The summed E-state index contributed by atoms with van der Waals surface area (Å²) in [6, 6.07) is 17.8. The summed E-state index contributed by atoms with van der Waals surface area (Å²) < 4.78 is 1.45. The molecule has 2 aromatic carbocycles. The van der Waals surface area contributed by atoms with Crippen LogP contribution in [0.3, 0.4) is 0 Å². The lowest BCUT2D eigenvalue weighted by atomic mass is 10.1. The van der Waals surface area contributed by atoms with Gasteiger partial charge >= 0.3 is 0 Å². The standard InChI is InChI=1S/C19H21N5OS/c1-2-14-9-6-10-16(11-14)21-18(25)13-26-19-23-22-17(24(19)20)12-15-7-4-3-5-8-15/h3-11H,2,12-13,20H2,1H3,(H,21,25). The molecule has 3 N–H and O–H groups in total. The molecule has 0 radical (unpaired) electrons. The third-order valence-electron chi connectivity index (χ3n) is 3.89. The van der Waals surface area contributed by atoms with Crippen molar-refractivity contribution in [3.05, 3.63) is 71.5 Å². The molecular formula is C19H21N5OS. The number of aromatic nitrogens is 3. The Hall–Kier alpha value is -2.80. The van der Waals surface area contributed by atoms with E-state index in [0.717, 1.165) is 17.7 Å². The molecule has 0 aliphatic carbocycles. The molecule has 1 aromatic heterocycles. The number of nitrogens with two attached hydrogens (primary N) is 1. The van der Waals surface area contributed by atoms with E-state index >= 15 is 0 Å². The van der Waals surface area contributed by atoms with Crippen molar-refractivity contribution in [2.75, 3.05) is 16.9 Å².